The first-order valence-electron chi connectivity index (χ1n) is 7.45. The Labute approximate surface area is 127 Å². The lowest BCUT2D eigenvalue weighted by molar-refractivity contribution is -0.154. The van der Waals surface area contributed by atoms with Gasteiger partial charge in [-0.2, -0.15) is 0 Å². The van der Waals surface area contributed by atoms with Crippen molar-refractivity contribution < 1.29 is 9.59 Å². The molecule has 1 aromatic rings. The number of hydrogen-bond acceptors (Lipinski definition) is 2. The number of likely N-dealkylation sites (tertiary alicyclic amines) is 1. The van der Waals surface area contributed by atoms with Crippen molar-refractivity contribution in [2.24, 2.45) is 10.8 Å². The van der Waals surface area contributed by atoms with Crippen molar-refractivity contribution in [3.8, 4) is 0 Å². The van der Waals surface area contributed by atoms with E-state index >= 15 is 0 Å². The molecule has 0 aliphatic carbocycles. The molecular formula is C18H25NO2. The molecule has 1 unspecified atom stereocenters. The Morgan fingerprint density at radius 1 is 1.10 bits per heavy atom. The highest BCUT2D eigenvalue weighted by atomic mass is 16.2. The second-order valence-electron chi connectivity index (χ2n) is 7.78. The van der Waals surface area contributed by atoms with E-state index in [9.17, 15) is 9.59 Å². The molecule has 0 bridgehead atoms. The highest BCUT2D eigenvalue weighted by Gasteiger charge is 2.59. The molecule has 2 rings (SSSR count). The first-order chi connectivity index (χ1) is 9.52. The summed E-state index contributed by atoms with van der Waals surface area (Å²) < 4.78 is 0. The van der Waals surface area contributed by atoms with Crippen molar-refractivity contribution in [3.05, 3.63) is 35.9 Å². The van der Waals surface area contributed by atoms with E-state index in [0.717, 1.165) is 5.56 Å². The Balaban J connectivity index is 2.63. The van der Waals surface area contributed by atoms with Crippen molar-refractivity contribution in [2.75, 3.05) is 0 Å². The van der Waals surface area contributed by atoms with E-state index in [1.54, 1.807) is 0 Å². The third-order valence-corrected chi connectivity index (χ3v) is 4.79. The Kier molecular flexibility index (Phi) is 3.51. The van der Waals surface area contributed by atoms with E-state index in [1.807, 2.05) is 58.0 Å². The molecule has 1 heterocycles. The van der Waals surface area contributed by atoms with Gasteiger partial charge in [0.1, 0.15) is 0 Å². The van der Waals surface area contributed by atoms with Crippen LogP contribution in [0.25, 0.3) is 0 Å². The number of hydrogen-bond donors (Lipinski definition) is 0. The molecule has 0 saturated carbocycles. The monoisotopic (exact) mass is 287 g/mol. The zero-order chi connectivity index (χ0) is 16.1. The molecule has 21 heavy (non-hydrogen) atoms. The van der Waals surface area contributed by atoms with Gasteiger partial charge < -0.3 is 0 Å². The molecule has 3 heteroatoms. The molecule has 0 radical (unpaired) electrons. The second-order valence-corrected chi connectivity index (χ2v) is 7.78. The summed E-state index contributed by atoms with van der Waals surface area (Å²) in [4.78, 5) is 26.9. The number of carbonyl (C=O) groups is 2. The standard InChI is InChI=1S/C18H25NO2/c1-16(2,3)15(21)19-14(20)12-17(4,5)18(19,6)13-10-8-7-9-11-13/h7-11H,12H2,1-6H3. The van der Waals surface area contributed by atoms with Crippen LogP contribution in [-0.4, -0.2) is 16.7 Å². The third-order valence-electron chi connectivity index (χ3n) is 4.79. The summed E-state index contributed by atoms with van der Waals surface area (Å²) in [5, 5.41) is 0. The molecule has 114 valence electrons. The van der Waals surface area contributed by atoms with E-state index in [0.29, 0.717) is 6.42 Å². The van der Waals surface area contributed by atoms with Gasteiger partial charge in [0.15, 0.2) is 0 Å². The van der Waals surface area contributed by atoms with Gasteiger partial charge in [-0.25, -0.2) is 0 Å². The minimum absolute atomic E-state index is 0.0775. The summed E-state index contributed by atoms with van der Waals surface area (Å²) in [6, 6.07) is 9.87. The number of benzene rings is 1. The lowest BCUT2D eigenvalue weighted by atomic mass is 9.69. The van der Waals surface area contributed by atoms with Crippen LogP contribution >= 0.6 is 0 Å². The van der Waals surface area contributed by atoms with Gasteiger partial charge in [0.2, 0.25) is 11.8 Å². The molecule has 3 nitrogen and oxygen atoms in total. The van der Waals surface area contributed by atoms with Gasteiger partial charge in [0.05, 0.1) is 5.54 Å². The summed E-state index contributed by atoms with van der Waals surface area (Å²) in [6.45, 7) is 11.7. The van der Waals surface area contributed by atoms with Crippen LogP contribution in [0.3, 0.4) is 0 Å². The van der Waals surface area contributed by atoms with Gasteiger partial charge in [-0.15, -0.1) is 0 Å². The highest BCUT2D eigenvalue weighted by molar-refractivity contribution is 6.01. The Morgan fingerprint density at radius 2 is 1.62 bits per heavy atom. The Morgan fingerprint density at radius 3 is 2.10 bits per heavy atom. The molecule has 1 aliphatic heterocycles. The van der Waals surface area contributed by atoms with E-state index in [-0.39, 0.29) is 17.2 Å². The van der Waals surface area contributed by atoms with Crippen LogP contribution in [0.5, 0.6) is 0 Å². The van der Waals surface area contributed by atoms with E-state index in [1.165, 1.54) is 4.90 Å². The second kappa shape index (κ2) is 4.69. The zero-order valence-corrected chi connectivity index (χ0v) is 13.9. The molecule has 0 spiro atoms. The Bertz CT molecular complexity index is 569. The maximum atomic E-state index is 12.9. The molecule has 1 atom stereocenters. The highest BCUT2D eigenvalue weighted by Crippen LogP contribution is 2.53. The molecule has 1 saturated heterocycles. The van der Waals surface area contributed by atoms with Crippen molar-refractivity contribution in [3.63, 3.8) is 0 Å². The van der Waals surface area contributed by atoms with Gasteiger partial charge in [-0.05, 0) is 12.5 Å². The first-order valence-corrected chi connectivity index (χ1v) is 7.45. The van der Waals surface area contributed by atoms with Crippen molar-refractivity contribution in [1.82, 2.24) is 4.90 Å². The van der Waals surface area contributed by atoms with Crippen LogP contribution in [0, 0.1) is 10.8 Å². The number of rotatable bonds is 1. The van der Waals surface area contributed by atoms with Gasteiger partial charge in [-0.3, -0.25) is 14.5 Å². The van der Waals surface area contributed by atoms with Crippen molar-refractivity contribution in [1.29, 1.82) is 0 Å². The van der Waals surface area contributed by atoms with E-state index in [4.69, 9.17) is 0 Å². The SMILES string of the molecule is CC(C)(C)C(=O)N1C(=O)CC(C)(C)C1(C)c1ccccc1. The van der Waals surface area contributed by atoms with Gasteiger partial charge in [0.25, 0.3) is 0 Å². The molecular weight excluding hydrogens is 262 g/mol. The predicted octanol–water partition coefficient (Wildman–Crippen LogP) is 3.73. The molecule has 1 aromatic carbocycles. The molecule has 1 fully saturated rings. The Hall–Kier alpha value is -1.64. The number of imide groups is 1. The van der Waals surface area contributed by atoms with Crippen LogP contribution in [0.15, 0.2) is 30.3 Å². The topological polar surface area (TPSA) is 37.4 Å². The number of amides is 2. The van der Waals surface area contributed by atoms with Gasteiger partial charge >= 0.3 is 0 Å². The average molecular weight is 287 g/mol. The quantitative estimate of drug-likeness (QED) is 0.789. The fourth-order valence-electron chi connectivity index (χ4n) is 3.12. The smallest absolute Gasteiger partial charge is 0.235 e. The first kappa shape index (κ1) is 15.7. The fourth-order valence-corrected chi connectivity index (χ4v) is 3.12. The number of nitrogens with zero attached hydrogens (tertiary/aromatic N) is 1. The minimum atomic E-state index is -0.615. The minimum Gasteiger partial charge on any atom is -0.274 e. The van der Waals surface area contributed by atoms with Crippen molar-refractivity contribution in [2.45, 2.75) is 53.5 Å². The lowest BCUT2D eigenvalue weighted by Gasteiger charge is -2.44. The number of carbonyl (C=O) groups excluding carboxylic acids is 2. The summed E-state index contributed by atoms with van der Waals surface area (Å²) in [7, 11) is 0. The lowest BCUT2D eigenvalue weighted by Crippen LogP contribution is -2.53. The summed E-state index contributed by atoms with van der Waals surface area (Å²) in [6.07, 6.45) is 0.389. The average Bonchev–Trinajstić information content (AvgIpc) is 2.55. The van der Waals surface area contributed by atoms with E-state index in [2.05, 4.69) is 13.8 Å². The zero-order valence-electron chi connectivity index (χ0n) is 13.9. The molecule has 1 aliphatic rings. The van der Waals surface area contributed by atoms with Crippen LogP contribution in [-0.2, 0) is 15.1 Å². The fraction of sp³-hybridized carbons (Fsp3) is 0.556. The van der Waals surface area contributed by atoms with Crippen LogP contribution in [0.2, 0.25) is 0 Å². The largest absolute Gasteiger partial charge is 0.274 e. The molecule has 0 N–H and O–H groups in total. The van der Waals surface area contributed by atoms with Crippen LogP contribution < -0.4 is 0 Å². The maximum absolute atomic E-state index is 12.9. The van der Waals surface area contributed by atoms with E-state index < -0.39 is 11.0 Å². The summed E-state index contributed by atoms with van der Waals surface area (Å²) in [5.41, 5.74) is -0.479. The van der Waals surface area contributed by atoms with Gasteiger partial charge in [0, 0.05) is 17.3 Å². The van der Waals surface area contributed by atoms with Crippen LogP contribution in [0.4, 0.5) is 0 Å². The summed E-state index contributed by atoms with van der Waals surface area (Å²) in [5.74, 6) is -0.185. The summed E-state index contributed by atoms with van der Waals surface area (Å²) >= 11 is 0. The van der Waals surface area contributed by atoms with Gasteiger partial charge in [-0.1, -0.05) is 65.0 Å². The molecule has 0 aromatic heterocycles. The predicted molar refractivity (Wildman–Crippen MR) is 83.5 cm³/mol. The van der Waals surface area contributed by atoms with Crippen molar-refractivity contribution >= 4 is 11.8 Å². The molecule has 2 amide bonds. The maximum Gasteiger partial charge on any atom is 0.235 e. The third kappa shape index (κ3) is 2.29. The van der Waals surface area contributed by atoms with Crippen LogP contribution in [0.1, 0.15) is 53.5 Å². The normalized spacial score (nSPS) is 25.2.